The van der Waals surface area contributed by atoms with E-state index < -0.39 is 0 Å². The van der Waals surface area contributed by atoms with Gasteiger partial charge in [-0.05, 0) is 30.4 Å². The summed E-state index contributed by atoms with van der Waals surface area (Å²) in [7, 11) is 0. The third-order valence-electron chi connectivity index (χ3n) is 4.04. The molecule has 0 bridgehead atoms. The van der Waals surface area contributed by atoms with Crippen LogP contribution < -0.4 is 5.32 Å². The zero-order valence-electron chi connectivity index (χ0n) is 12.8. The molecule has 1 aliphatic rings. The third kappa shape index (κ3) is 3.32. The summed E-state index contributed by atoms with van der Waals surface area (Å²) in [5.41, 5.74) is 2.79. The van der Waals surface area contributed by atoms with Crippen molar-refractivity contribution in [1.29, 1.82) is 0 Å². The Morgan fingerprint density at radius 1 is 1.29 bits per heavy atom. The minimum absolute atomic E-state index is 0.272. The molecule has 1 atom stereocenters. The number of aryl methyl sites for hydroxylation is 1. The second-order valence-corrected chi connectivity index (χ2v) is 6.04. The molecule has 112 valence electrons. The Balaban J connectivity index is 1.72. The van der Waals surface area contributed by atoms with Crippen LogP contribution in [0.15, 0.2) is 28.7 Å². The van der Waals surface area contributed by atoms with Crippen molar-refractivity contribution in [3.8, 4) is 0 Å². The molecule has 1 N–H and O–H groups in total. The fourth-order valence-corrected chi connectivity index (χ4v) is 2.99. The van der Waals surface area contributed by atoms with E-state index in [1.165, 1.54) is 17.5 Å². The van der Waals surface area contributed by atoms with Crippen LogP contribution in [0.1, 0.15) is 55.5 Å². The molecular weight excluding hydrogens is 262 g/mol. The SMILES string of the molecule is CC(C)NCCc1nnc(C2CCCc3ccccc32)o1. The van der Waals surface area contributed by atoms with E-state index in [9.17, 15) is 0 Å². The van der Waals surface area contributed by atoms with Gasteiger partial charge < -0.3 is 9.73 Å². The second kappa shape index (κ2) is 6.39. The highest BCUT2D eigenvalue weighted by Gasteiger charge is 2.25. The van der Waals surface area contributed by atoms with Crippen molar-refractivity contribution in [2.75, 3.05) is 6.54 Å². The van der Waals surface area contributed by atoms with E-state index in [1.54, 1.807) is 0 Å². The number of rotatable bonds is 5. The topological polar surface area (TPSA) is 51.0 Å². The van der Waals surface area contributed by atoms with Crippen LogP contribution in [0, 0.1) is 0 Å². The lowest BCUT2D eigenvalue weighted by Gasteiger charge is -2.22. The standard InChI is InChI=1S/C17H23N3O/c1-12(2)18-11-10-16-19-20-17(21-16)15-9-5-7-13-6-3-4-8-14(13)15/h3-4,6,8,12,15,18H,5,7,9-11H2,1-2H3. The molecule has 21 heavy (non-hydrogen) atoms. The highest BCUT2D eigenvalue weighted by molar-refractivity contribution is 5.35. The van der Waals surface area contributed by atoms with Gasteiger partial charge in [0.1, 0.15) is 0 Å². The summed E-state index contributed by atoms with van der Waals surface area (Å²) in [6.07, 6.45) is 4.24. The van der Waals surface area contributed by atoms with Crippen molar-refractivity contribution in [2.24, 2.45) is 0 Å². The van der Waals surface area contributed by atoms with Crippen LogP contribution in [0.3, 0.4) is 0 Å². The Bertz CT molecular complexity index is 591. The van der Waals surface area contributed by atoms with Gasteiger partial charge in [0.15, 0.2) is 0 Å². The first kappa shape index (κ1) is 14.3. The Kier molecular flexibility index (Phi) is 4.34. The Hall–Kier alpha value is -1.68. The summed E-state index contributed by atoms with van der Waals surface area (Å²) in [4.78, 5) is 0. The largest absolute Gasteiger partial charge is 0.425 e. The van der Waals surface area contributed by atoms with E-state index in [2.05, 4.69) is 53.6 Å². The average molecular weight is 285 g/mol. The van der Waals surface area contributed by atoms with Crippen molar-refractivity contribution in [2.45, 2.75) is 51.5 Å². The zero-order valence-corrected chi connectivity index (χ0v) is 12.8. The molecule has 0 radical (unpaired) electrons. The number of benzene rings is 1. The maximum atomic E-state index is 5.90. The van der Waals surface area contributed by atoms with E-state index in [4.69, 9.17) is 4.42 Å². The molecule has 0 spiro atoms. The highest BCUT2D eigenvalue weighted by atomic mass is 16.4. The number of hydrogen-bond acceptors (Lipinski definition) is 4. The van der Waals surface area contributed by atoms with Crippen LogP contribution in [0.25, 0.3) is 0 Å². The van der Waals surface area contributed by atoms with Crippen LogP contribution in [-0.4, -0.2) is 22.8 Å². The quantitative estimate of drug-likeness (QED) is 0.917. The van der Waals surface area contributed by atoms with Crippen LogP contribution >= 0.6 is 0 Å². The smallest absolute Gasteiger partial charge is 0.224 e. The van der Waals surface area contributed by atoms with Crippen molar-refractivity contribution in [3.05, 3.63) is 47.2 Å². The van der Waals surface area contributed by atoms with Gasteiger partial charge in [0, 0.05) is 19.0 Å². The Morgan fingerprint density at radius 3 is 3.00 bits per heavy atom. The molecule has 4 heteroatoms. The molecule has 1 heterocycles. The molecule has 0 aliphatic heterocycles. The van der Waals surface area contributed by atoms with Gasteiger partial charge in [0.05, 0.1) is 5.92 Å². The van der Waals surface area contributed by atoms with Crippen molar-refractivity contribution in [3.63, 3.8) is 0 Å². The summed E-state index contributed by atoms with van der Waals surface area (Å²) in [5.74, 6) is 1.79. The maximum Gasteiger partial charge on any atom is 0.224 e. The summed E-state index contributed by atoms with van der Waals surface area (Å²) in [6, 6.07) is 9.10. The van der Waals surface area contributed by atoms with Crippen LogP contribution in [0.5, 0.6) is 0 Å². The second-order valence-electron chi connectivity index (χ2n) is 6.04. The molecule has 1 aromatic heterocycles. The summed E-state index contributed by atoms with van der Waals surface area (Å²) in [5, 5.41) is 11.9. The first-order valence-corrected chi connectivity index (χ1v) is 7.87. The highest BCUT2D eigenvalue weighted by Crippen LogP contribution is 2.35. The van der Waals surface area contributed by atoms with Crippen molar-refractivity contribution < 1.29 is 4.42 Å². The summed E-state index contributed by atoms with van der Waals surface area (Å²) in [6.45, 7) is 5.15. The van der Waals surface area contributed by atoms with E-state index in [1.807, 2.05) is 0 Å². The van der Waals surface area contributed by atoms with Gasteiger partial charge in [-0.15, -0.1) is 10.2 Å². The van der Waals surface area contributed by atoms with E-state index in [0.717, 1.165) is 37.6 Å². The number of nitrogens with one attached hydrogen (secondary N) is 1. The fourth-order valence-electron chi connectivity index (χ4n) is 2.99. The molecule has 4 nitrogen and oxygen atoms in total. The minimum Gasteiger partial charge on any atom is -0.425 e. The molecule has 0 amide bonds. The molecule has 0 saturated heterocycles. The molecule has 1 aromatic carbocycles. The Labute approximate surface area is 126 Å². The molecule has 0 fully saturated rings. The summed E-state index contributed by atoms with van der Waals surface area (Å²) < 4.78 is 5.90. The zero-order chi connectivity index (χ0) is 14.7. The van der Waals surface area contributed by atoms with E-state index in [0.29, 0.717) is 6.04 Å². The minimum atomic E-state index is 0.272. The first-order chi connectivity index (χ1) is 10.2. The molecule has 1 aliphatic carbocycles. The fraction of sp³-hybridized carbons (Fsp3) is 0.529. The van der Waals surface area contributed by atoms with Gasteiger partial charge in [-0.25, -0.2) is 0 Å². The lowest BCUT2D eigenvalue weighted by Crippen LogP contribution is -2.25. The predicted molar refractivity (Wildman–Crippen MR) is 82.4 cm³/mol. The number of nitrogens with zero attached hydrogens (tertiary/aromatic N) is 2. The number of fused-ring (bicyclic) bond motifs is 1. The normalized spacial score (nSPS) is 18.0. The van der Waals surface area contributed by atoms with Crippen molar-refractivity contribution >= 4 is 0 Å². The van der Waals surface area contributed by atoms with Crippen molar-refractivity contribution in [1.82, 2.24) is 15.5 Å². The van der Waals surface area contributed by atoms with Gasteiger partial charge in [-0.1, -0.05) is 38.1 Å². The molecule has 2 aromatic rings. The molecule has 3 rings (SSSR count). The monoisotopic (exact) mass is 285 g/mol. The van der Waals surface area contributed by atoms with Gasteiger partial charge >= 0.3 is 0 Å². The van der Waals surface area contributed by atoms with Gasteiger partial charge in [-0.3, -0.25) is 0 Å². The number of aromatic nitrogens is 2. The first-order valence-electron chi connectivity index (χ1n) is 7.87. The summed E-state index contributed by atoms with van der Waals surface area (Å²) >= 11 is 0. The lowest BCUT2D eigenvalue weighted by atomic mass is 9.83. The van der Waals surface area contributed by atoms with Crippen LogP contribution in [-0.2, 0) is 12.8 Å². The Morgan fingerprint density at radius 2 is 2.14 bits per heavy atom. The van der Waals surface area contributed by atoms with Gasteiger partial charge in [0.25, 0.3) is 0 Å². The molecule has 0 saturated carbocycles. The third-order valence-corrected chi connectivity index (χ3v) is 4.04. The van der Waals surface area contributed by atoms with Crippen LogP contribution in [0.2, 0.25) is 0 Å². The number of hydrogen-bond donors (Lipinski definition) is 1. The molecule has 1 unspecified atom stereocenters. The van der Waals surface area contributed by atoms with E-state index in [-0.39, 0.29) is 5.92 Å². The molecular formula is C17H23N3O. The lowest BCUT2D eigenvalue weighted by molar-refractivity contribution is 0.408. The maximum absolute atomic E-state index is 5.90. The predicted octanol–water partition coefficient (Wildman–Crippen LogP) is 3.08. The van der Waals surface area contributed by atoms with Gasteiger partial charge in [-0.2, -0.15) is 0 Å². The average Bonchev–Trinajstić information content (AvgIpc) is 2.95. The van der Waals surface area contributed by atoms with E-state index >= 15 is 0 Å². The van der Waals surface area contributed by atoms with Gasteiger partial charge in [0.2, 0.25) is 11.8 Å². The van der Waals surface area contributed by atoms with Crippen LogP contribution in [0.4, 0.5) is 0 Å².